The second-order valence-electron chi connectivity index (χ2n) is 8.51. The molecular weight excluding hydrogens is 557 g/mol. The second kappa shape index (κ2) is 13.7. The number of hydrogen-bond donors (Lipinski definition) is 0. The molecule has 3 rings (SSSR count). The smallest absolute Gasteiger partial charge is 0.293 e. The highest BCUT2D eigenvalue weighted by atomic mass is 35.5. The molecule has 0 N–H and O–H groups in total. The van der Waals surface area contributed by atoms with Crippen molar-refractivity contribution >= 4 is 71.1 Å². The lowest BCUT2D eigenvalue weighted by molar-refractivity contribution is 0.0797. The number of benzene rings is 3. The van der Waals surface area contributed by atoms with Gasteiger partial charge in [0.05, 0.1) is 37.1 Å². The summed E-state index contributed by atoms with van der Waals surface area (Å²) in [7, 11) is -1.73. The molecule has 0 bridgehead atoms. The van der Waals surface area contributed by atoms with Crippen LogP contribution < -0.4 is 5.30 Å². The van der Waals surface area contributed by atoms with E-state index < -0.39 is 25.3 Å². The predicted octanol–water partition coefficient (Wildman–Crippen LogP) is 9.47. The molecule has 0 saturated carbocycles. The van der Waals surface area contributed by atoms with Gasteiger partial charge in [-0.1, -0.05) is 94.6 Å². The molecule has 0 aliphatic rings. The highest BCUT2D eigenvalue weighted by Crippen LogP contribution is 2.38. The Hall–Kier alpha value is -1.74. The summed E-state index contributed by atoms with van der Waals surface area (Å²) in [6.07, 6.45) is 3.10. The van der Waals surface area contributed by atoms with Gasteiger partial charge in [0.25, 0.3) is 0 Å². The van der Waals surface area contributed by atoms with Gasteiger partial charge in [-0.05, 0) is 62.1 Å². The number of ketones is 2. The van der Waals surface area contributed by atoms with E-state index in [4.69, 9.17) is 46.4 Å². The number of Topliss-reactive ketones (excluding diaryl/α,β-unsaturated/α-hetero) is 2. The quantitative estimate of drug-likeness (QED) is 0.121. The van der Waals surface area contributed by atoms with Crippen molar-refractivity contribution in [1.29, 1.82) is 0 Å². The van der Waals surface area contributed by atoms with Crippen LogP contribution in [0.25, 0.3) is 0 Å². The summed E-state index contributed by atoms with van der Waals surface area (Å²) in [5, 5.41) is 1.40. The van der Waals surface area contributed by atoms with Crippen LogP contribution in [0.4, 0.5) is 0 Å². The zero-order valence-electron chi connectivity index (χ0n) is 19.7. The van der Waals surface area contributed by atoms with E-state index in [0.717, 1.165) is 24.6 Å². The third kappa shape index (κ3) is 6.97. The Morgan fingerprint density at radius 2 is 1.17 bits per heavy atom. The van der Waals surface area contributed by atoms with Gasteiger partial charge in [-0.3, -0.25) is 9.59 Å². The number of unbranched alkanes of at least 4 members (excludes halogenated alkanes) is 1. The first-order valence-electron chi connectivity index (χ1n) is 11.7. The molecule has 0 fully saturated rings. The molecule has 2 atom stereocenters. The maximum absolute atomic E-state index is 13.7. The Bertz CT molecular complexity index is 1140. The van der Waals surface area contributed by atoms with Gasteiger partial charge in [-0.2, -0.15) is 0 Å². The average Bonchev–Trinajstić information content (AvgIpc) is 2.86. The van der Waals surface area contributed by atoms with Crippen molar-refractivity contribution < 1.29 is 14.2 Å². The minimum atomic E-state index is -1.73. The van der Waals surface area contributed by atoms with Crippen LogP contribution in [0, 0.1) is 5.92 Å². The molecule has 0 saturated heterocycles. The van der Waals surface area contributed by atoms with Gasteiger partial charge in [-0.15, -0.1) is 0 Å². The van der Waals surface area contributed by atoms with Crippen LogP contribution in [-0.4, -0.2) is 17.2 Å². The fourth-order valence-corrected chi connectivity index (χ4v) is 7.02. The van der Waals surface area contributed by atoms with Crippen molar-refractivity contribution in [3.05, 3.63) is 97.9 Å². The lowest BCUT2D eigenvalue weighted by Crippen LogP contribution is -2.27. The molecule has 0 radical (unpaired) electrons. The maximum Gasteiger partial charge on any atom is 0.379 e. The van der Waals surface area contributed by atoms with Gasteiger partial charge < -0.3 is 0 Å². The zero-order chi connectivity index (χ0) is 26.2. The molecule has 0 aliphatic heterocycles. The summed E-state index contributed by atoms with van der Waals surface area (Å²) in [5.74, 6) is -2.14. The number of carbonyl (C=O) groups excluding carboxylic acids is 2. The highest BCUT2D eigenvalue weighted by Gasteiger charge is 2.37. The van der Waals surface area contributed by atoms with E-state index in [9.17, 15) is 14.2 Å². The molecule has 188 valence electrons. The van der Waals surface area contributed by atoms with Crippen molar-refractivity contribution in [1.82, 2.24) is 0 Å². The van der Waals surface area contributed by atoms with Gasteiger partial charge in [-0.25, -0.2) is 0 Å². The molecule has 0 aliphatic carbocycles. The Morgan fingerprint density at radius 3 is 1.61 bits per heavy atom. The molecule has 0 aromatic heterocycles. The standard InChI is InChI=1S/C28H26Cl4O3P/c1-2-3-9-19(36(35)18-10-5-4-6-11-18)16-17-20(27(33)25-21(29)12-7-13-22(25)30)28(34)26-23(31)14-8-15-24(26)32/h4-8,10-15,19-20H,2-3,9,16-17H2,1H3/q+1. The van der Waals surface area contributed by atoms with Crippen molar-refractivity contribution in [2.24, 2.45) is 5.92 Å². The topological polar surface area (TPSA) is 51.2 Å². The van der Waals surface area contributed by atoms with Crippen LogP contribution in [0.1, 0.15) is 59.7 Å². The second-order valence-corrected chi connectivity index (χ2v) is 12.0. The Kier molecular flexibility index (Phi) is 11.0. The summed E-state index contributed by atoms with van der Waals surface area (Å²) < 4.78 is 13.5. The Morgan fingerprint density at radius 1 is 0.694 bits per heavy atom. The summed E-state index contributed by atoms with van der Waals surface area (Å²) in [6, 6.07) is 18.8. The minimum Gasteiger partial charge on any atom is -0.293 e. The van der Waals surface area contributed by atoms with Crippen LogP contribution in [0.3, 0.4) is 0 Å². The van der Waals surface area contributed by atoms with Gasteiger partial charge in [0.1, 0.15) is 0 Å². The summed E-state index contributed by atoms with van der Waals surface area (Å²) in [6.45, 7) is 2.07. The van der Waals surface area contributed by atoms with Gasteiger partial charge in [0.15, 0.2) is 22.5 Å². The van der Waals surface area contributed by atoms with E-state index in [2.05, 4.69) is 6.92 Å². The SMILES string of the molecule is CCCCC(CCC(C(=O)c1c(Cl)cccc1Cl)C(=O)c1c(Cl)cccc1Cl)[P+](=O)c1ccccc1. The van der Waals surface area contributed by atoms with E-state index in [-0.39, 0.29) is 43.3 Å². The van der Waals surface area contributed by atoms with Crippen molar-refractivity contribution in [3.8, 4) is 0 Å². The molecule has 3 nitrogen and oxygen atoms in total. The van der Waals surface area contributed by atoms with E-state index in [1.54, 1.807) is 36.4 Å². The van der Waals surface area contributed by atoms with Crippen LogP contribution in [0.15, 0.2) is 66.7 Å². The molecule has 3 aromatic rings. The van der Waals surface area contributed by atoms with E-state index in [1.807, 2.05) is 30.3 Å². The predicted molar refractivity (Wildman–Crippen MR) is 151 cm³/mol. The van der Waals surface area contributed by atoms with Crippen molar-refractivity contribution in [2.75, 3.05) is 0 Å². The molecule has 8 heteroatoms. The zero-order valence-corrected chi connectivity index (χ0v) is 23.6. The van der Waals surface area contributed by atoms with Crippen LogP contribution >= 0.6 is 54.2 Å². The third-order valence-electron chi connectivity index (χ3n) is 6.07. The lowest BCUT2D eigenvalue weighted by atomic mass is 9.85. The molecule has 2 unspecified atom stereocenters. The van der Waals surface area contributed by atoms with Crippen LogP contribution in [0.2, 0.25) is 20.1 Å². The lowest BCUT2D eigenvalue weighted by Gasteiger charge is -2.19. The van der Waals surface area contributed by atoms with E-state index in [1.165, 1.54) is 0 Å². The number of halogens is 4. The third-order valence-corrected chi connectivity index (χ3v) is 9.32. The van der Waals surface area contributed by atoms with E-state index in [0.29, 0.717) is 6.42 Å². The Labute approximate surface area is 232 Å². The Balaban J connectivity index is 1.98. The van der Waals surface area contributed by atoms with Crippen LogP contribution in [0.5, 0.6) is 0 Å². The van der Waals surface area contributed by atoms with Crippen LogP contribution in [-0.2, 0) is 4.57 Å². The first-order valence-corrected chi connectivity index (χ1v) is 14.6. The molecule has 3 aromatic carbocycles. The molecule has 0 amide bonds. The van der Waals surface area contributed by atoms with Gasteiger partial charge in [0, 0.05) is 0 Å². The molecular formula is C28H26Cl4O3P+. The molecule has 0 heterocycles. The van der Waals surface area contributed by atoms with Crippen molar-refractivity contribution in [3.63, 3.8) is 0 Å². The van der Waals surface area contributed by atoms with E-state index >= 15 is 0 Å². The average molecular weight is 583 g/mol. The van der Waals surface area contributed by atoms with Gasteiger partial charge >= 0.3 is 7.80 Å². The number of hydrogen-bond acceptors (Lipinski definition) is 3. The monoisotopic (exact) mass is 581 g/mol. The number of rotatable bonds is 12. The van der Waals surface area contributed by atoms with Crippen molar-refractivity contribution in [2.45, 2.75) is 44.7 Å². The largest absolute Gasteiger partial charge is 0.379 e. The minimum absolute atomic E-state index is 0.0833. The summed E-state index contributed by atoms with van der Waals surface area (Å²) >= 11 is 25.3. The normalized spacial score (nSPS) is 12.4. The maximum atomic E-state index is 13.7. The highest BCUT2D eigenvalue weighted by molar-refractivity contribution is 7.54. The number of carbonyl (C=O) groups is 2. The fourth-order valence-electron chi connectivity index (χ4n) is 4.16. The molecule has 0 spiro atoms. The first-order chi connectivity index (χ1) is 17.3. The summed E-state index contributed by atoms with van der Waals surface area (Å²) in [5.41, 5.74) is -0.0336. The molecule has 36 heavy (non-hydrogen) atoms. The fraction of sp³-hybridized carbons (Fsp3) is 0.286. The van der Waals surface area contributed by atoms with Gasteiger partial charge in [0.2, 0.25) is 0 Å². The first kappa shape index (κ1) is 28.8. The summed E-state index contributed by atoms with van der Waals surface area (Å²) in [4.78, 5) is 27.5.